The number of carbonyl (C=O) groups is 2. The van der Waals surface area contributed by atoms with Crippen molar-refractivity contribution in [1.82, 2.24) is 4.90 Å². The number of nitrogens with one attached hydrogen (secondary N) is 1. The molecule has 284 valence electrons. The van der Waals surface area contributed by atoms with Crippen molar-refractivity contribution >= 4 is 29.1 Å². The molecule has 2 spiro atoms. The molecule has 8 nitrogen and oxygen atoms in total. The molecule has 9 rings (SSSR count). The zero-order valence-corrected chi connectivity index (χ0v) is 31.8. The van der Waals surface area contributed by atoms with E-state index in [1.54, 1.807) is 48.4 Å². The van der Waals surface area contributed by atoms with Crippen LogP contribution in [0.2, 0.25) is 5.02 Å². The summed E-state index contributed by atoms with van der Waals surface area (Å²) in [6.45, 7) is 5.63. The lowest BCUT2D eigenvalue weighted by atomic mass is 9.32. The Bertz CT molecular complexity index is 1830. The second kappa shape index (κ2) is 13.2. The molecule has 2 aromatic carbocycles. The van der Waals surface area contributed by atoms with Gasteiger partial charge in [-0.3, -0.25) is 4.79 Å². The number of methoxy groups -OCH3 is 1. The van der Waals surface area contributed by atoms with Gasteiger partial charge in [0.15, 0.2) is 5.78 Å². The molecule has 3 N–H and O–H groups in total. The minimum absolute atomic E-state index is 0.0920. The number of nitrogens with zero attached hydrogens (tertiary/aromatic N) is 1. The van der Waals surface area contributed by atoms with Crippen LogP contribution in [0, 0.1) is 39.3 Å². The van der Waals surface area contributed by atoms with Gasteiger partial charge in [0, 0.05) is 57.7 Å². The summed E-state index contributed by atoms with van der Waals surface area (Å²) in [5.41, 5.74) is -1.81. The molecule has 6 aliphatic carbocycles. The molecule has 3 saturated carbocycles. The number of aliphatic hydroxyl groups is 2. The number of carbonyl (C=O) groups excluding carboxylic acids is 2. The van der Waals surface area contributed by atoms with Crippen LogP contribution in [0.4, 0.5) is 14.9 Å². The number of benzene rings is 2. The summed E-state index contributed by atoms with van der Waals surface area (Å²) >= 11 is 6.48. The van der Waals surface area contributed by atoms with Crippen LogP contribution in [-0.4, -0.2) is 71.5 Å². The number of rotatable bonds is 9. The van der Waals surface area contributed by atoms with Gasteiger partial charge in [-0.05, 0) is 111 Å². The van der Waals surface area contributed by atoms with Gasteiger partial charge >= 0.3 is 6.03 Å². The molecule has 0 aromatic heterocycles. The van der Waals surface area contributed by atoms with Crippen LogP contribution in [0.1, 0.15) is 77.2 Å². The molecule has 0 radical (unpaired) electrons. The molecular formula is C43H52ClFN2O6. The molecule has 1 saturated heterocycles. The highest BCUT2D eigenvalue weighted by Gasteiger charge is 2.74. The van der Waals surface area contributed by atoms with Crippen LogP contribution in [0.5, 0.6) is 5.75 Å². The molecule has 9 atom stereocenters. The Morgan fingerprint density at radius 3 is 2.47 bits per heavy atom. The highest BCUT2D eigenvalue weighted by Crippen LogP contribution is 2.78. The maximum absolute atomic E-state index is 15.2. The number of fused-ring (bicyclic) bond motifs is 1. The Hall–Kier alpha value is -3.24. The van der Waals surface area contributed by atoms with Crippen molar-refractivity contribution in [3.05, 3.63) is 82.7 Å². The Balaban J connectivity index is 1.16. The SMILES string of the molecule is COc1ccc(NC(=O)N(CC2CCCO2)CC2(O)CCC3C45C=CC6(C=C4C(=O)Cc4c(F)cccc4Cl)CC(O)CCC6(C)C5CCC32C)cc1. The predicted molar refractivity (Wildman–Crippen MR) is 201 cm³/mol. The number of halogens is 2. The third-order valence-electron chi connectivity index (χ3n) is 14.9. The zero-order valence-electron chi connectivity index (χ0n) is 31.0. The summed E-state index contributed by atoms with van der Waals surface area (Å²) in [7, 11) is 1.60. The summed E-state index contributed by atoms with van der Waals surface area (Å²) in [6.07, 6.45) is 12.4. The molecular weight excluding hydrogens is 695 g/mol. The van der Waals surface area contributed by atoms with Gasteiger partial charge in [0.2, 0.25) is 0 Å². The maximum Gasteiger partial charge on any atom is 0.322 e. The third kappa shape index (κ3) is 5.62. The van der Waals surface area contributed by atoms with Gasteiger partial charge < -0.3 is 29.9 Å². The minimum Gasteiger partial charge on any atom is -0.497 e. The highest BCUT2D eigenvalue weighted by molar-refractivity contribution is 6.31. The molecule has 4 fully saturated rings. The predicted octanol–water partition coefficient (Wildman–Crippen LogP) is 7.90. The van der Waals surface area contributed by atoms with Gasteiger partial charge in [0.1, 0.15) is 11.6 Å². The Kier molecular flexibility index (Phi) is 9.15. The van der Waals surface area contributed by atoms with Crippen molar-refractivity contribution in [2.45, 2.75) is 95.9 Å². The van der Waals surface area contributed by atoms with Crippen LogP contribution in [0.25, 0.3) is 0 Å². The summed E-state index contributed by atoms with van der Waals surface area (Å²) in [4.78, 5) is 30.6. The number of ether oxygens (including phenoxy) is 2. The third-order valence-corrected chi connectivity index (χ3v) is 15.3. The lowest BCUT2D eigenvalue weighted by Crippen LogP contribution is -2.67. The van der Waals surface area contributed by atoms with E-state index < -0.39 is 33.8 Å². The molecule has 2 aromatic rings. The van der Waals surface area contributed by atoms with Gasteiger partial charge in [-0.25, -0.2) is 9.18 Å². The molecule has 53 heavy (non-hydrogen) atoms. The van der Waals surface area contributed by atoms with Crippen molar-refractivity contribution in [1.29, 1.82) is 0 Å². The Morgan fingerprint density at radius 1 is 1.02 bits per heavy atom. The number of amides is 2. The van der Waals surface area contributed by atoms with Crippen LogP contribution >= 0.6 is 11.6 Å². The largest absolute Gasteiger partial charge is 0.497 e. The van der Waals surface area contributed by atoms with Crippen molar-refractivity contribution in [3.63, 3.8) is 0 Å². The second-order valence-corrected chi connectivity index (χ2v) is 17.7. The van der Waals surface area contributed by atoms with Crippen molar-refractivity contribution in [3.8, 4) is 5.75 Å². The van der Waals surface area contributed by atoms with Crippen molar-refractivity contribution in [2.24, 2.45) is 33.5 Å². The van der Waals surface area contributed by atoms with E-state index in [1.165, 1.54) is 6.07 Å². The van der Waals surface area contributed by atoms with Crippen molar-refractivity contribution < 1.29 is 33.7 Å². The molecule has 2 bridgehead atoms. The lowest BCUT2D eigenvalue weighted by Gasteiger charge is -2.71. The van der Waals surface area contributed by atoms with Crippen LogP contribution in [0.15, 0.2) is 66.3 Å². The number of aliphatic hydroxyl groups excluding tert-OH is 1. The number of hydrogen-bond acceptors (Lipinski definition) is 6. The van der Waals surface area contributed by atoms with E-state index in [0.29, 0.717) is 55.8 Å². The fourth-order valence-electron chi connectivity index (χ4n) is 12.1. The molecule has 1 aliphatic heterocycles. The zero-order chi connectivity index (χ0) is 37.4. The molecule has 1 heterocycles. The summed E-state index contributed by atoms with van der Waals surface area (Å²) in [5.74, 6) is 0.00149. The highest BCUT2D eigenvalue weighted by atomic mass is 35.5. The van der Waals surface area contributed by atoms with Gasteiger partial charge in [0.05, 0.1) is 31.5 Å². The van der Waals surface area contributed by atoms with Crippen molar-refractivity contribution in [2.75, 3.05) is 32.1 Å². The molecule has 2 amide bonds. The first-order chi connectivity index (χ1) is 25.3. The standard InChI is InChI=1S/C43H52ClFN2O6/c1-39-16-13-28(48)23-41(39)19-20-43(32(24-41)35(49)22-31-33(44)7-4-8-34(31)45)36(39)14-17-40(2)37(43)15-18-42(40,51)26-47(25-30-6-5-21-53-30)38(50)46-27-9-11-29(52-3)12-10-27/h4,7-12,19-20,24,28,30,36-37,48,51H,5-6,13-18,21-23,25-26H2,1-3H3,(H,46,50). The summed E-state index contributed by atoms with van der Waals surface area (Å²) in [5, 5.41) is 27.3. The lowest BCUT2D eigenvalue weighted by molar-refractivity contribution is -0.178. The Labute approximate surface area is 316 Å². The van der Waals surface area contributed by atoms with Crippen LogP contribution in [-0.2, 0) is 16.0 Å². The average molecular weight is 747 g/mol. The first kappa shape index (κ1) is 36.7. The molecule has 10 heteroatoms. The number of urea groups is 1. The van der Waals surface area contributed by atoms with E-state index in [0.717, 1.165) is 32.1 Å². The number of allylic oxidation sites excluding steroid dienone is 4. The topological polar surface area (TPSA) is 108 Å². The van der Waals surface area contributed by atoms with Gasteiger partial charge in [-0.1, -0.05) is 49.7 Å². The van der Waals surface area contributed by atoms with Crippen LogP contribution in [0.3, 0.4) is 0 Å². The maximum atomic E-state index is 15.2. The fraction of sp³-hybridized carbons (Fsp3) is 0.581. The first-order valence-electron chi connectivity index (χ1n) is 19.4. The van der Waals surface area contributed by atoms with E-state index in [4.69, 9.17) is 21.1 Å². The van der Waals surface area contributed by atoms with Gasteiger partial charge in [-0.15, -0.1) is 0 Å². The van der Waals surface area contributed by atoms with E-state index in [1.807, 2.05) is 0 Å². The van der Waals surface area contributed by atoms with E-state index in [9.17, 15) is 19.8 Å². The van der Waals surface area contributed by atoms with Gasteiger partial charge in [-0.2, -0.15) is 0 Å². The quantitative estimate of drug-likeness (QED) is 0.225. The summed E-state index contributed by atoms with van der Waals surface area (Å²) < 4.78 is 26.5. The summed E-state index contributed by atoms with van der Waals surface area (Å²) in [6, 6.07) is 11.4. The van der Waals surface area contributed by atoms with E-state index in [-0.39, 0.29) is 58.7 Å². The number of ketones is 1. The van der Waals surface area contributed by atoms with E-state index >= 15 is 4.39 Å². The minimum atomic E-state index is -1.25. The monoisotopic (exact) mass is 746 g/mol. The first-order valence-corrected chi connectivity index (χ1v) is 19.8. The second-order valence-electron chi connectivity index (χ2n) is 17.3. The number of Topliss-reactive ketones (excluding diaryl/α,β-unsaturated/α-hetero) is 1. The Morgan fingerprint density at radius 2 is 1.75 bits per heavy atom. The van der Waals surface area contributed by atoms with Gasteiger partial charge in [0.25, 0.3) is 0 Å². The normalized spacial score (nSPS) is 38.1. The van der Waals surface area contributed by atoms with Crippen LogP contribution < -0.4 is 10.1 Å². The fourth-order valence-corrected chi connectivity index (χ4v) is 12.3. The molecule has 9 unspecified atom stereocenters. The average Bonchev–Trinajstić information content (AvgIpc) is 3.75. The number of anilines is 1. The molecule has 7 aliphatic rings. The van der Waals surface area contributed by atoms with E-state index in [2.05, 4.69) is 37.4 Å². The smallest absolute Gasteiger partial charge is 0.322 e. The number of hydrogen-bond donors (Lipinski definition) is 3.